The van der Waals surface area contributed by atoms with Gasteiger partial charge in [-0.2, -0.15) is 4.98 Å². The Balaban J connectivity index is 1.79. The number of ether oxygens (including phenoxy) is 2. The summed E-state index contributed by atoms with van der Waals surface area (Å²) >= 11 is 0. The first kappa shape index (κ1) is 19.0. The summed E-state index contributed by atoms with van der Waals surface area (Å²) in [4.78, 5) is 26.4. The molecule has 4 rings (SSSR count). The zero-order chi connectivity index (χ0) is 20.4. The molecule has 3 heterocycles. The van der Waals surface area contributed by atoms with Gasteiger partial charge in [-0.3, -0.25) is 4.79 Å². The largest absolute Gasteiger partial charge is 0.497 e. The lowest BCUT2D eigenvalue weighted by Gasteiger charge is -2.30. The molecule has 3 aromatic rings. The van der Waals surface area contributed by atoms with Gasteiger partial charge in [-0.05, 0) is 18.9 Å². The Morgan fingerprint density at radius 1 is 1.14 bits per heavy atom. The van der Waals surface area contributed by atoms with Gasteiger partial charge in [0.05, 0.1) is 25.8 Å². The Kier molecular flexibility index (Phi) is 5.22. The first-order valence-corrected chi connectivity index (χ1v) is 9.40. The molecule has 1 aromatic carbocycles. The van der Waals surface area contributed by atoms with Crippen LogP contribution in [-0.4, -0.2) is 53.5 Å². The van der Waals surface area contributed by atoms with Gasteiger partial charge in [0.15, 0.2) is 0 Å². The molecule has 3 N–H and O–H groups in total. The number of methoxy groups -OCH3 is 2. The summed E-state index contributed by atoms with van der Waals surface area (Å²) in [5.74, 6) is 2.15. The summed E-state index contributed by atoms with van der Waals surface area (Å²) < 4.78 is 10.6. The van der Waals surface area contributed by atoms with Gasteiger partial charge >= 0.3 is 0 Å². The van der Waals surface area contributed by atoms with Gasteiger partial charge in [-0.15, -0.1) is 0 Å². The van der Waals surface area contributed by atoms with Crippen LogP contribution in [0, 0.1) is 0 Å². The van der Waals surface area contributed by atoms with E-state index in [9.17, 15) is 9.90 Å². The van der Waals surface area contributed by atoms with Crippen LogP contribution in [0.1, 0.15) is 12.8 Å². The van der Waals surface area contributed by atoms with Gasteiger partial charge in [-0.25, -0.2) is 4.98 Å². The quantitative estimate of drug-likeness (QED) is 0.600. The van der Waals surface area contributed by atoms with Crippen molar-refractivity contribution in [1.82, 2.24) is 15.0 Å². The Labute approximate surface area is 167 Å². The number of nitrogens with zero attached hydrogens (tertiary/aromatic N) is 3. The average Bonchev–Trinajstić information content (AvgIpc) is 2.73. The summed E-state index contributed by atoms with van der Waals surface area (Å²) in [6.45, 7) is 1.31. The van der Waals surface area contributed by atoms with Crippen LogP contribution >= 0.6 is 0 Å². The maximum absolute atomic E-state index is 12.5. The molecule has 0 bridgehead atoms. The molecule has 9 nitrogen and oxygen atoms in total. The smallest absolute Gasteiger partial charge is 0.261 e. The van der Waals surface area contributed by atoms with E-state index in [1.165, 1.54) is 0 Å². The molecule has 0 atom stereocenters. The number of aromatic nitrogens is 3. The van der Waals surface area contributed by atoms with Crippen molar-refractivity contribution in [2.45, 2.75) is 18.9 Å². The molecule has 1 saturated heterocycles. The minimum atomic E-state index is -0.295. The number of fused-ring (bicyclic) bond motifs is 1. The van der Waals surface area contributed by atoms with Gasteiger partial charge < -0.3 is 29.8 Å². The van der Waals surface area contributed by atoms with Crippen LogP contribution in [0.2, 0.25) is 0 Å². The van der Waals surface area contributed by atoms with Crippen molar-refractivity contribution in [2.75, 3.05) is 37.5 Å². The third-order valence-corrected chi connectivity index (χ3v) is 4.97. The topological polar surface area (TPSA) is 113 Å². The fourth-order valence-electron chi connectivity index (χ4n) is 3.39. The van der Waals surface area contributed by atoms with Crippen LogP contribution in [0.25, 0.3) is 10.9 Å². The number of benzene rings is 1. The second-order valence-electron chi connectivity index (χ2n) is 6.88. The van der Waals surface area contributed by atoms with E-state index in [1.54, 1.807) is 44.7 Å². The molecule has 152 valence electrons. The molecule has 29 heavy (non-hydrogen) atoms. The summed E-state index contributed by atoms with van der Waals surface area (Å²) in [6.07, 6.45) is 2.59. The number of hydrogen-bond donors (Lipinski definition) is 3. The van der Waals surface area contributed by atoms with E-state index in [4.69, 9.17) is 9.47 Å². The van der Waals surface area contributed by atoms with Crippen molar-refractivity contribution in [2.24, 2.45) is 0 Å². The van der Waals surface area contributed by atoms with Gasteiger partial charge in [0.2, 0.25) is 5.95 Å². The molecule has 0 radical (unpaired) electrons. The zero-order valence-corrected chi connectivity index (χ0v) is 16.3. The number of hydrogen-bond acceptors (Lipinski definition) is 8. The molecule has 2 aromatic heterocycles. The Hall–Kier alpha value is -3.33. The Morgan fingerprint density at radius 3 is 2.48 bits per heavy atom. The standard InChI is InChI=1S/C20H23N5O4/c1-28-14-9-12(10-15(11-14)29-2)22-18-17-16(3-6-21-19(17)27)23-20(24-18)25-7-4-13(26)5-8-25/h3,6,9-11,13,26H,4-5,7-8H2,1-2H3,(H,21,27)(H,22,23,24). The zero-order valence-electron chi connectivity index (χ0n) is 16.3. The van der Waals surface area contributed by atoms with Gasteiger partial charge in [0.1, 0.15) is 22.7 Å². The monoisotopic (exact) mass is 397 g/mol. The minimum Gasteiger partial charge on any atom is -0.497 e. The fraction of sp³-hybridized carbons (Fsp3) is 0.350. The van der Waals surface area contributed by atoms with E-state index >= 15 is 0 Å². The normalized spacial score (nSPS) is 14.8. The fourth-order valence-corrected chi connectivity index (χ4v) is 3.39. The number of pyridine rings is 1. The molecule has 0 amide bonds. The predicted molar refractivity (Wildman–Crippen MR) is 110 cm³/mol. The molecule has 0 saturated carbocycles. The van der Waals surface area contributed by atoms with E-state index in [0.29, 0.717) is 65.8 Å². The van der Waals surface area contributed by atoms with Crippen LogP contribution in [0.15, 0.2) is 35.3 Å². The number of aliphatic hydroxyl groups is 1. The number of piperidine rings is 1. The van der Waals surface area contributed by atoms with E-state index in [0.717, 1.165) is 0 Å². The van der Waals surface area contributed by atoms with Crippen LogP contribution in [-0.2, 0) is 0 Å². The van der Waals surface area contributed by atoms with Crippen molar-refractivity contribution >= 4 is 28.4 Å². The van der Waals surface area contributed by atoms with Crippen molar-refractivity contribution in [1.29, 1.82) is 0 Å². The minimum absolute atomic E-state index is 0.277. The Morgan fingerprint density at radius 2 is 1.83 bits per heavy atom. The molecule has 9 heteroatoms. The number of anilines is 3. The van der Waals surface area contributed by atoms with E-state index in [2.05, 4.69) is 20.3 Å². The lowest BCUT2D eigenvalue weighted by Crippen LogP contribution is -2.37. The molecule has 1 aliphatic heterocycles. The SMILES string of the molecule is COc1cc(Nc2nc(N3CCC(O)CC3)nc3cc[nH]c(=O)c23)cc(OC)c1. The molecule has 0 unspecified atom stereocenters. The summed E-state index contributed by atoms with van der Waals surface area (Å²) in [7, 11) is 3.15. The molecule has 1 aliphatic rings. The second-order valence-corrected chi connectivity index (χ2v) is 6.88. The molecule has 1 fully saturated rings. The average molecular weight is 397 g/mol. The van der Waals surface area contributed by atoms with Crippen molar-refractivity contribution in [3.05, 3.63) is 40.8 Å². The second kappa shape index (κ2) is 7.96. The van der Waals surface area contributed by atoms with Crippen molar-refractivity contribution in [3.8, 4) is 11.5 Å². The molecule has 0 spiro atoms. The highest BCUT2D eigenvalue weighted by Crippen LogP contribution is 2.30. The van der Waals surface area contributed by atoms with E-state index < -0.39 is 0 Å². The predicted octanol–water partition coefficient (Wildman–Crippen LogP) is 2.04. The van der Waals surface area contributed by atoms with Crippen LogP contribution in [0.3, 0.4) is 0 Å². The maximum Gasteiger partial charge on any atom is 0.261 e. The number of aliphatic hydroxyl groups excluding tert-OH is 1. The van der Waals surface area contributed by atoms with Crippen LogP contribution in [0.4, 0.5) is 17.5 Å². The molecular formula is C20H23N5O4. The molecular weight excluding hydrogens is 374 g/mol. The van der Waals surface area contributed by atoms with Crippen molar-refractivity contribution < 1.29 is 14.6 Å². The highest BCUT2D eigenvalue weighted by atomic mass is 16.5. The highest BCUT2D eigenvalue weighted by molar-refractivity contribution is 5.91. The summed E-state index contributed by atoms with van der Waals surface area (Å²) in [5.41, 5.74) is 0.937. The highest BCUT2D eigenvalue weighted by Gasteiger charge is 2.21. The summed E-state index contributed by atoms with van der Waals surface area (Å²) in [6, 6.07) is 7.10. The van der Waals surface area contributed by atoms with E-state index in [1.807, 2.05) is 4.90 Å². The number of rotatable bonds is 5. The first-order valence-electron chi connectivity index (χ1n) is 9.40. The number of H-pyrrole nitrogens is 1. The molecule has 0 aliphatic carbocycles. The van der Waals surface area contributed by atoms with E-state index in [-0.39, 0.29) is 11.7 Å². The van der Waals surface area contributed by atoms with Crippen molar-refractivity contribution in [3.63, 3.8) is 0 Å². The lowest BCUT2D eigenvalue weighted by molar-refractivity contribution is 0.145. The summed E-state index contributed by atoms with van der Waals surface area (Å²) in [5, 5.41) is 13.4. The van der Waals surface area contributed by atoms with Gasteiger partial charge in [0, 0.05) is 43.2 Å². The van der Waals surface area contributed by atoms with Crippen LogP contribution in [0.5, 0.6) is 11.5 Å². The maximum atomic E-state index is 12.5. The first-order chi connectivity index (χ1) is 14.1. The number of nitrogens with one attached hydrogen (secondary N) is 2. The van der Waals surface area contributed by atoms with Gasteiger partial charge in [0.25, 0.3) is 5.56 Å². The number of aromatic amines is 1. The third-order valence-electron chi connectivity index (χ3n) is 4.97. The van der Waals surface area contributed by atoms with Crippen LogP contribution < -0.4 is 25.2 Å². The third kappa shape index (κ3) is 3.95. The van der Waals surface area contributed by atoms with Gasteiger partial charge in [-0.1, -0.05) is 0 Å². The lowest BCUT2D eigenvalue weighted by atomic mass is 10.1. The Bertz CT molecular complexity index is 1050.